The van der Waals surface area contributed by atoms with Crippen LogP contribution in [0, 0.1) is 5.82 Å². The van der Waals surface area contributed by atoms with Gasteiger partial charge in [0.15, 0.2) is 0 Å². The van der Waals surface area contributed by atoms with Gasteiger partial charge in [0.05, 0.1) is 12.0 Å². The molecule has 1 saturated heterocycles. The SMILES string of the molecule is O=C1CC(C(=O)N2CCC(O)CC2)c2ccc(F)cc2N1. The van der Waals surface area contributed by atoms with Crippen molar-refractivity contribution in [3.05, 3.63) is 29.6 Å². The number of likely N-dealkylation sites (tertiary alicyclic amines) is 1. The minimum atomic E-state index is -0.565. The average molecular weight is 292 g/mol. The Kier molecular flexibility index (Phi) is 3.63. The van der Waals surface area contributed by atoms with E-state index in [-0.39, 0.29) is 24.3 Å². The number of nitrogens with zero attached hydrogens (tertiary/aromatic N) is 1. The Morgan fingerprint density at radius 2 is 2.05 bits per heavy atom. The van der Waals surface area contributed by atoms with Gasteiger partial charge in [-0.1, -0.05) is 6.07 Å². The number of amides is 2. The van der Waals surface area contributed by atoms with E-state index in [2.05, 4.69) is 5.32 Å². The van der Waals surface area contributed by atoms with E-state index in [1.807, 2.05) is 0 Å². The molecule has 0 bridgehead atoms. The van der Waals surface area contributed by atoms with E-state index >= 15 is 0 Å². The monoisotopic (exact) mass is 292 g/mol. The van der Waals surface area contributed by atoms with Gasteiger partial charge in [-0.2, -0.15) is 0 Å². The summed E-state index contributed by atoms with van der Waals surface area (Å²) in [6, 6.07) is 4.11. The summed E-state index contributed by atoms with van der Waals surface area (Å²) < 4.78 is 13.3. The number of carbonyl (C=O) groups excluding carboxylic acids is 2. The van der Waals surface area contributed by atoms with Gasteiger partial charge in [0, 0.05) is 25.2 Å². The Hall–Kier alpha value is -1.95. The lowest BCUT2D eigenvalue weighted by Gasteiger charge is -2.34. The molecule has 2 heterocycles. The van der Waals surface area contributed by atoms with Crippen LogP contribution in [0.1, 0.15) is 30.7 Å². The van der Waals surface area contributed by atoms with E-state index < -0.39 is 11.7 Å². The molecule has 1 atom stereocenters. The molecule has 6 heteroatoms. The maximum Gasteiger partial charge on any atom is 0.230 e. The van der Waals surface area contributed by atoms with Crippen molar-refractivity contribution in [2.24, 2.45) is 0 Å². The van der Waals surface area contributed by atoms with Crippen molar-refractivity contribution >= 4 is 17.5 Å². The number of aliphatic hydroxyl groups is 1. The molecular weight excluding hydrogens is 275 g/mol. The van der Waals surface area contributed by atoms with E-state index in [9.17, 15) is 19.1 Å². The predicted octanol–water partition coefficient (Wildman–Crippen LogP) is 1.23. The fourth-order valence-corrected chi connectivity index (χ4v) is 2.96. The summed E-state index contributed by atoms with van der Waals surface area (Å²) in [4.78, 5) is 26.0. The maximum absolute atomic E-state index is 13.3. The summed E-state index contributed by atoms with van der Waals surface area (Å²) in [5, 5.41) is 12.1. The summed E-state index contributed by atoms with van der Waals surface area (Å²) in [7, 11) is 0. The standard InChI is InChI=1S/C15H17FN2O3/c16-9-1-2-11-12(8-14(20)17-13(11)7-9)15(21)18-5-3-10(19)4-6-18/h1-2,7,10,12,19H,3-6,8H2,(H,17,20). The third-order valence-electron chi connectivity index (χ3n) is 4.13. The van der Waals surface area contributed by atoms with Gasteiger partial charge in [0.2, 0.25) is 11.8 Å². The van der Waals surface area contributed by atoms with Gasteiger partial charge in [0.25, 0.3) is 0 Å². The Morgan fingerprint density at radius 3 is 2.76 bits per heavy atom. The van der Waals surface area contributed by atoms with Gasteiger partial charge >= 0.3 is 0 Å². The molecule has 0 aromatic heterocycles. The van der Waals surface area contributed by atoms with Crippen LogP contribution < -0.4 is 5.32 Å². The van der Waals surface area contributed by atoms with Crippen molar-refractivity contribution in [2.45, 2.75) is 31.3 Å². The molecular formula is C15H17FN2O3. The molecule has 0 radical (unpaired) electrons. The third kappa shape index (κ3) is 2.76. The molecule has 2 N–H and O–H groups in total. The van der Waals surface area contributed by atoms with Gasteiger partial charge in [-0.05, 0) is 30.5 Å². The van der Waals surface area contributed by atoms with Crippen LogP contribution in [0.4, 0.5) is 10.1 Å². The minimum Gasteiger partial charge on any atom is -0.393 e. The Labute approximate surface area is 121 Å². The van der Waals surface area contributed by atoms with E-state index in [0.717, 1.165) is 0 Å². The summed E-state index contributed by atoms with van der Waals surface area (Å²) in [5.41, 5.74) is 1.04. The zero-order valence-electron chi connectivity index (χ0n) is 11.5. The second kappa shape index (κ2) is 5.44. The highest BCUT2D eigenvalue weighted by atomic mass is 19.1. The number of nitrogens with one attached hydrogen (secondary N) is 1. The highest BCUT2D eigenvalue weighted by Gasteiger charge is 2.34. The normalized spacial score (nSPS) is 22.7. The van der Waals surface area contributed by atoms with Crippen molar-refractivity contribution in [3.63, 3.8) is 0 Å². The first kappa shape index (κ1) is 14.0. The molecule has 21 heavy (non-hydrogen) atoms. The molecule has 1 fully saturated rings. The van der Waals surface area contributed by atoms with Crippen molar-refractivity contribution < 1.29 is 19.1 Å². The fraction of sp³-hybridized carbons (Fsp3) is 0.467. The quantitative estimate of drug-likeness (QED) is 0.818. The summed E-state index contributed by atoms with van der Waals surface area (Å²) in [5.74, 6) is -1.40. The Morgan fingerprint density at radius 1 is 1.33 bits per heavy atom. The maximum atomic E-state index is 13.3. The highest BCUT2D eigenvalue weighted by molar-refractivity contribution is 6.01. The molecule has 0 spiro atoms. The van der Waals surface area contributed by atoms with Gasteiger partial charge in [-0.15, -0.1) is 0 Å². The number of benzene rings is 1. The lowest BCUT2D eigenvalue weighted by molar-refractivity contribution is -0.136. The largest absolute Gasteiger partial charge is 0.393 e. The van der Waals surface area contributed by atoms with Crippen LogP contribution >= 0.6 is 0 Å². The van der Waals surface area contributed by atoms with E-state index in [1.54, 1.807) is 11.0 Å². The molecule has 5 nitrogen and oxygen atoms in total. The first-order valence-corrected chi connectivity index (χ1v) is 7.11. The number of halogens is 1. The number of carbonyl (C=O) groups is 2. The molecule has 2 amide bonds. The molecule has 1 aromatic carbocycles. The second-order valence-electron chi connectivity index (χ2n) is 5.59. The van der Waals surface area contributed by atoms with Gasteiger partial charge in [0.1, 0.15) is 5.82 Å². The number of aliphatic hydroxyl groups excluding tert-OH is 1. The van der Waals surface area contributed by atoms with E-state index in [4.69, 9.17) is 0 Å². The first-order valence-electron chi connectivity index (χ1n) is 7.11. The number of hydrogen-bond donors (Lipinski definition) is 2. The minimum absolute atomic E-state index is 0.0799. The first-order chi connectivity index (χ1) is 10.0. The van der Waals surface area contributed by atoms with Crippen LogP contribution in [0.3, 0.4) is 0 Å². The Balaban J connectivity index is 1.85. The lowest BCUT2D eigenvalue weighted by atomic mass is 9.88. The third-order valence-corrected chi connectivity index (χ3v) is 4.13. The van der Waals surface area contributed by atoms with Crippen molar-refractivity contribution in [2.75, 3.05) is 18.4 Å². The lowest BCUT2D eigenvalue weighted by Crippen LogP contribution is -2.44. The fourth-order valence-electron chi connectivity index (χ4n) is 2.96. The van der Waals surface area contributed by atoms with Crippen molar-refractivity contribution in [1.29, 1.82) is 0 Å². The van der Waals surface area contributed by atoms with Crippen LogP contribution in [0.25, 0.3) is 0 Å². The van der Waals surface area contributed by atoms with Crippen molar-refractivity contribution in [3.8, 4) is 0 Å². The van der Waals surface area contributed by atoms with Crippen molar-refractivity contribution in [1.82, 2.24) is 4.90 Å². The van der Waals surface area contributed by atoms with Crippen LogP contribution in [-0.4, -0.2) is 41.0 Å². The number of piperidine rings is 1. The number of anilines is 1. The van der Waals surface area contributed by atoms with Gasteiger partial charge in [-0.3, -0.25) is 9.59 Å². The summed E-state index contributed by atoms with van der Waals surface area (Å²) in [6.45, 7) is 0.989. The number of fused-ring (bicyclic) bond motifs is 1. The zero-order valence-corrected chi connectivity index (χ0v) is 11.5. The second-order valence-corrected chi connectivity index (χ2v) is 5.59. The molecule has 1 aromatic rings. The molecule has 0 saturated carbocycles. The van der Waals surface area contributed by atoms with Crippen LogP contribution in [0.15, 0.2) is 18.2 Å². The summed E-state index contributed by atoms with van der Waals surface area (Å²) in [6.07, 6.45) is 0.836. The highest BCUT2D eigenvalue weighted by Crippen LogP contribution is 2.34. The predicted molar refractivity (Wildman–Crippen MR) is 74.2 cm³/mol. The van der Waals surface area contributed by atoms with Crippen LogP contribution in [-0.2, 0) is 9.59 Å². The van der Waals surface area contributed by atoms with Gasteiger partial charge < -0.3 is 15.3 Å². The molecule has 0 aliphatic carbocycles. The van der Waals surface area contributed by atoms with Gasteiger partial charge in [-0.25, -0.2) is 4.39 Å². The average Bonchev–Trinajstić information content (AvgIpc) is 2.46. The number of hydrogen-bond acceptors (Lipinski definition) is 3. The molecule has 2 aliphatic rings. The summed E-state index contributed by atoms with van der Waals surface area (Å²) >= 11 is 0. The molecule has 2 aliphatic heterocycles. The van der Waals surface area contributed by atoms with Crippen LogP contribution in [0.2, 0.25) is 0 Å². The topological polar surface area (TPSA) is 69.6 Å². The molecule has 3 rings (SSSR count). The number of rotatable bonds is 1. The molecule has 1 unspecified atom stereocenters. The molecule has 112 valence electrons. The van der Waals surface area contributed by atoms with E-state index in [0.29, 0.717) is 37.2 Å². The smallest absolute Gasteiger partial charge is 0.230 e. The Bertz CT molecular complexity index is 582. The van der Waals surface area contributed by atoms with Crippen LogP contribution in [0.5, 0.6) is 0 Å². The van der Waals surface area contributed by atoms with E-state index in [1.165, 1.54) is 12.1 Å². The zero-order chi connectivity index (χ0) is 15.0.